The number of benzene rings is 2. The summed E-state index contributed by atoms with van der Waals surface area (Å²) in [5.74, 6) is -0.243. The summed E-state index contributed by atoms with van der Waals surface area (Å²) in [4.78, 5) is 18.0. The Labute approximate surface area is 159 Å². The highest BCUT2D eigenvalue weighted by atomic mass is 19.4. The smallest absolute Gasteiger partial charge is 0.444 e. The summed E-state index contributed by atoms with van der Waals surface area (Å²) in [5, 5.41) is 0. The lowest BCUT2D eigenvalue weighted by atomic mass is 10.2. The lowest BCUT2D eigenvalue weighted by Crippen LogP contribution is -2.28. The van der Waals surface area contributed by atoms with Crippen molar-refractivity contribution in [1.82, 2.24) is 9.88 Å². The van der Waals surface area contributed by atoms with E-state index in [4.69, 9.17) is 4.42 Å². The van der Waals surface area contributed by atoms with Gasteiger partial charge in [-0.3, -0.25) is 4.79 Å². The van der Waals surface area contributed by atoms with E-state index in [1.807, 2.05) is 30.3 Å². The van der Waals surface area contributed by atoms with E-state index in [0.717, 1.165) is 5.56 Å². The van der Waals surface area contributed by atoms with Gasteiger partial charge in [0.1, 0.15) is 12.0 Å². The Hall–Kier alpha value is -3.29. The number of likely N-dealkylation sites (N-methyl/N-ethyl adjacent to an activating group) is 1. The van der Waals surface area contributed by atoms with Crippen LogP contribution in [-0.2, 0) is 17.8 Å². The molecule has 0 saturated carbocycles. The van der Waals surface area contributed by atoms with Crippen molar-refractivity contribution in [2.75, 3.05) is 7.05 Å². The van der Waals surface area contributed by atoms with Gasteiger partial charge in [0.15, 0.2) is 0 Å². The zero-order valence-electron chi connectivity index (χ0n) is 14.9. The maximum Gasteiger partial charge on any atom is 0.573 e. The second-order valence-electron chi connectivity index (χ2n) is 6.09. The number of carbonyl (C=O) groups is 1. The third-order valence-electron chi connectivity index (χ3n) is 3.94. The number of carbonyl (C=O) groups excluding carboxylic acids is 1. The Morgan fingerprint density at radius 1 is 1.11 bits per heavy atom. The number of hydrogen-bond donors (Lipinski definition) is 0. The first kappa shape index (κ1) is 19.5. The quantitative estimate of drug-likeness (QED) is 0.624. The molecule has 0 aliphatic carbocycles. The summed E-state index contributed by atoms with van der Waals surface area (Å²) in [7, 11) is 1.50. The minimum atomic E-state index is -4.80. The zero-order chi connectivity index (χ0) is 20.1. The zero-order valence-corrected chi connectivity index (χ0v) is 14.9. The van der Waals surface area contributed by atoms with Gasteiger partial charge in [0.05, 0.1) is 12.1 Å². The monoisotopic (exact) mass is 390 g/mol. The van der Waals surface area contributed by atoms with Crippen LogP contribution in [0.2, 0.25) is 0 Å². The molecule has 5 nitrogen and oxygen atoms in total. The molecular weight excluding hydrogens is 373 g/mol. The standard InChI is InChI=1S/C20H17F3N2O3/c1-25(12-15-9-5-6-10-17(15)28-20(21,22)23)18(26)11-16-13-27-19(24-16)14-7-3-2-4-8-14/h2-10,13H,11-12H2,1H3. The Morgan fingerprint density at radius 3 is 2.50 bits per heavy atom. The first-order valence-corrected chi connectivity index (χ1v) is 8.39. The molecule has 3 aromatic rings. The SMILES string of the molecule is CN(Cc1ccccc1OC(F)(F)F)C(=O)Cc1coc(-c2ccccc2)n1. The number of hydrogen-bond acceptors (Lipinski definition) is 4. The van der Waals surface area contributed by atoms with Crippen LogP contribution < -0.4 is 4.74 Å². The number of ether oxygens (including phenoxy) is 1. The summed E-state index contributed by atoms with van der Waals surface area (Å²) >= 11 is 0. The van der Waals surface area contributed by atoms with Crippen LogP contribution >= 0.6 is 0 Å². The van der Waals surface area contributed by atoms with Gasteiger partial charge in [0.2, 0.25) is 11.8 Å². The fourth-order valence-electron chi connectivity index (χ4n) is 2.59. The van der Waals surface area contributed by atoms with Crippen LogP contribution in [0.4, 0.5) is 13.2 Å². The van der Waals surface area contributed by atoms with Crippen molar-refractivity contribution < 1.29 is 27.1 Å². The van der Waals surface area contributed by atoms with Gasteiger partial charge < -0.3 is 14.1 Å². The van der Waals surface area contributed by atoms with E-state index in [0.29, 0.717) is 11.6 Å². The number of aromatic nitrogens is 1. The van der Waals surface area contributed by atoms with Crippen LogP contribution in [0, 0.1) is 0 Å². The molecule has 3 rings (SSSR count). The molecular formula is C20H17F3N2O3. The third-order valence-corrected chi connectivity index (χ3v) is 3.94. The number of nitrogens with zero attached hydrogens (tertiary/aromatic N) is 2. The molecule has 1 amide bonds. The molecule has 0 N–H and O–H groups in total. The molecule has 0 radical (unpaired) electrons. The summed E-state index contributed by atoms with van der Waals surface area (Å²) in [6.45, 7) is -0.0333. The maximum absolute atomic E-state index is 12.5. The fraction of sp³-hybridized carbons (Fsp3) is 0.200. The van der Waals surface area contributed by atoms with Crippen molar-refractivity contribution in [3.63, 3.8) is 0 Å². The van der Waals surface area contributed by atoms with Gasteiger partial charge in [-0.05, 0) is 18.2 Å². The van der Waals surface area contributed by atoms with Gasteiger partial charge in [-0.1, -0.05) is 36.4 Å². The molecule has 0 unspecified atom stereocenters. The van der Waals surface area contributed by atoms with E-state index in [9.17, 15) is 18.0 Å². The lowest BCUT2D eigenvalue weighted by Gasteiger charge is -2.19. The average Bonchev–Trinajstić information content (AvgIpc) is 3.11. The van der Waals surface area contributed by atoms with Crippen LogP contribution in [0.1, 0.15) is 11.3 Å². The van der Waals surface area contributed by atoms with E-state index in [1.54, 1.807) is 6.07 Å². The first-order chi connectivity index (χ1) is 13.3. The van der Waals surface area contributed by atoms with Gasteiger partial charge in [0.25, 0.3) is 0 Å². The average molecular weight is 390 g/mol. The number of para-hydroxylation sites is 1. The van der Waals surface area contributed by atoms with E-state index in [-0.39, 0.29) is 30.2 Å². The second-order valence-corrected chi connectivity index (χ2v) is 6.09. The van der Waals surface area contributed by atoms with E-state index in [2.05, 4.69) is 9.72 Å². The van der Waals surface area contributed by atoms with Crippen molar-refractivity contribution in [2.24, 2.45) is 0 Å². The van der Waals surface area contributed by atoms with Gasteiger partial charge in [-0.2, -0.15) is 0 Å². The molecule has 2 aromatic carbocycles. The van der Waals surface area contributed by atoms with E-state index >= 15 is 0 Å². The van der Waals surface area contributed by atoms with E-state index < -0.39 is 6.36 Å². The Balaban J connectivity index is 1.65. The second kappa shape index (κ2) is 8.16. The van der Waals surface area contributed by atoms with Crippen molar-refractivity contribution in [3.8, 4) is 17.2 Å². The molecule has 0 spiro atoms. The number of oxazole rings is 1. The Kier molecular flexibility index (Phi) is 5.67. The highest BCUT2D eigenvalue weighted by molar-refractivity contribution is 5.78. The summed E-state index contributed by atoms with van der Waals surface area (Å²) in [6, 6.07) is 14.9. The largest absolute Gasteiger partial charge is 0.573 e. The van der Waals surface area contributed by atoms with Crippen LogP contribution in [0.3, 0.4) is 0 Å². The van der Waals surface area contributed by atoms with Crippen LogP contribution in [-0.4, -0.2) is 29.2 Å². The lowest BCUT2D eigenvalue weighted by molar-refractivity contribution is -0.275. The highest BCUT2D eigenvalue weighted by Gasteiger charge is 2.32. The Bertz CT molecular complexity index is 939. The summed E-state index contributed by atoms with van der Waals surface area (Å²) < 4.78 is 47.0. The van der Waals surface area contributed by atoms with Gasteiger partial charge in [-0.15, -0.1) is 13.2 Å². The molecule has 0 aliphatic heterocycles. The molecule has 0 atom stereocenters. The number of amides is 1. The van der Waals surface area contributed by atoms with Gasteiger partial charge in [-0.25, -0.2) is 4.98 Å². The number of alkyl halides is 3. The van der Waals surface area contributed by atoms with Crippen molar-refractivity contribution in [2.45, 2.75) is 19.3 Å². The fourth-order valence-corrected chi connectivity index (χ4v) is 2.59. The normalized spacial score (nSPS) is 11.3. The third kappa shape index (κ3) is 5.12. The molecule has 146 valence electrons. The van der Waals surface area contributed by atoms with Crippen LogP contribution in [0.5, 0.6) is 5.75 Å². The number of halogens is 3. The molecule has 0 fully saturated rings. The van der Waals surface area contributed by atoms with Gasteiger partial charge >= 0.3 is 6.36 Å². The summed E-state index contributed by atoms with van der Waals surface area (Å²) in [6.07, 6.45) is -3.43. The Morgan fingerprint density at radius 2 is 1.79 bits per heavy atom. The predicted molar refractivity (Wildman–Crippen MR) is 95.2 cm³/mol. The van der Waals surface area contributed by atoms with Crippen LogP contribution in [0.25, 0.3) is 11.5 Å². The molecule has 0 aliphatic rings. The highest BCUT2D eigenvalue weighted by Crippen LogP contribution is 2.27. The molecule has 28 heavy (non-hydrogen) atoms. The van der Waals surface area contributed by atoms with Crippen LogP contribution in [0.15, 0.2) is 65.3 Å². The first-order valence-electron chi connectivity index (χ1n) is 8.39. The molecule has 8 heteroatoms. The van der Waals surface area contributed by atoms with Crippen molar-refractivity contribution in [1.29, 1.82) is 0 Å². The summed E-state index contributed by atoms with van der Waals surface area (Å²) in [5.41, 5.74) is 1.48. The topological polar surface area (TPSA) is 55.6 Å². The van der Waals surface area contributed by atoms with Crippen molar-refractivity contribution >= 4 is 5.91 Å². The molecule has 0 bridgehead atoms. The maximum atomic E-state index is 12.5. The molecule has 0 saturated heterocycles. The molecule has 1 heterocycles. The van der Waals surface area contributed by atoms with Gasteiger partial charge in [0, 0.05) is 24.7 Å². The predicted octanol–water partition coefficient (Wildman–Crippen LogP) is 4.44. The van der Waals surface area contributed by atoms with Crippen molar-refractivity contribution in [3.05, 3.63) is 72.1 Å². The number of rotatable bonds is 6. The minimum absolute atomic E-state index is 0.0326. The minimum Gasteiger partial charge on any atom is -0.444 e. The molecule has 1 aromatic heterocycles. The van der Waals surface area contributed by atoms with E-state index in [1.165, 1.54) is 36.4 Å².